The predicted molar refractivity (Wildman–Crippen MR) is 97.0 cm³/mol. The van der Waals surface area contributed by atoms with Crippen molar-refractivity contribution >= 4 is 0 Å². The summed E-state index contributed by atoms with van der Waals surface area (Å²) in [6.45, 7) is 2.13. The zero-order valence-corrected chi connectivity index (χ0v) is 15.8. The van der Waals surface area contributed by atoms with Crippen molar-refractivity contribution in [3.8, 4) is 11.8 Å². The van der Waals surface area contributed by atoms with E-state index in [2.05, 4.69) is 11.7 Å². The molecule has 0 radical (unpaired) electrons. The van der Waals surface area contributed by atoms with E-state index in [1.165, 1.54) is 12.1 Å². The number of halogens is 5. The molecule has 1 fully saturated rings. The number of hydrogen-bond acceptors (Lipinski definition) is 2. The molecular formula is C22H20F5NO. The molecule has 0 aromatic heterocycles. The molecule has 3 rings (SSSR count). The average molecular weight is 409 g/mol. The van der Waals surface area contributed by atoms with Crippen LogP contribution in [0.4, 0.5) is 22.0 Å². The molecule has 7 heteroatoms. The molecule has 0 heterocycles. The summed E-state index contributed by atoms with van der Waals surface area (Å²) in [6, 6.07) is 5.71. The normalized spacial score (nSPS) is 19.6. The molecule has 0 saturated heterocycles. The molecule has 1 aliphatic carbocycles. The smallest absolute Gasteiger partial charge is 0.429 e. The van der Waals surface area contributed by atoms with Gasteiger partial charge in [0.2, 0.25) is 0 Å². The lowest BCUT2D eigenvalue weighted by molar-refractivity contribution is -0.187. The summed E-state index contributed by atoms with van der Waals surface area (Å²) in [6.07, 6.45) is 0.775. The first kappa shape index (κ1) is 21.1. The van der Waals surface area contributed by atoms with Gasteiger partial charge in [-0.25, -0.2) is 13.2 Å². The SMILES string of the molecule is CC[C@H]1CC[C@H](c2ccc(C(F)(F)Oc3cc(F)c(C#N)c(F)c3)c(F)c2)CC1. The van der Waals surface area contributed by atoms with Crippen LogP contribution in [0.15, 0.2) is 30.3 Å². The Balaban J connectivity index is 1.80. The summed E-state index contributed by atoms with van der Waals surface area (Å²) in [5.74, 6) is -3.88. The molecule has 0 atom stereocenters. The molecule has 0 amide bonds. The third-order valence-electron chi connectivity index (χ3n) is 5.58. The fourth-order valence-corrected chi connectivity index (χ4v) is 3.84. The van der Waals surface area contributed by atoms with Crippen molar-refractivity contribution in [2.75, 3.05) is 0 Å². The molecule has 154 valence electrons. The first-order valence-electron chi connectivity index (χ1n) is 9.51. The van der Waals surface area contributed by atoms with Crippen LogP contribution in [-0.2, 0) is 6.11 Å². The van der Waals surface area contributed by atoms with Crippen LogP contribution < -0.4 is 4.74 Å². The van der Waals surface area contributed by atoms with Gasteiger partial charge in [0.25, 0.3) is 0 Å². The van der Waals surface area contributed by atoms with Crippen LogP contribution in [0.25, 0.3) is 0 Å². The van der Waals surface area contributed by atoms with Crippen molar-refractivity contribution in [1.29, 1.82) is 5.26 Å². The van der Waals surface area contributed by atoms with Crippen LogP contribution in [0.2, 0.25) is 0 Å². The fraction of sp³-hybridized carbons (Fsp3) is 0.409. The minimum atomic E-state index is -4.14. The Bertz CT molecular complexity index is 906. The number of benzene rings is 2. The van der Waals surface area contributed by atoms with Crippen LogP contribution >= 0.6 is 0 Å². The largest absolute Gasteiger partial charge is 0.429 e. The molecule has 0 unspecified atom stereocenters. The highest BCUT2D eigenvalue weighted by Crippen LogP contribution is 2.39. The minimum Gasteiger partial charge on any atom is -0.429 e. The van der Waals surface area contributed by atoms with Crippen molar-refractivity contribution in [2.45, 2.75) is 51.1 Å². The first-order valence-corrected chi connectivity index (χ1v) is 9.51. The van der Waals surface area contributed by atoms with Gasteiger partial charge in [-0.05, 0) is 55.2 Å². The fourth-order valence-electron chi connectivity index (χ4n) is 3.84. The van der Waals surface area contributed by atoms with Crippen LogP contribution in [0.5, 0.6) is 5.75 Å². The second kappa shape index (κ2) is 8.40. The third-order valence-corrected chi connectivity index (χ3v) is 5.58. The van der Waals surface area contributed by atoms with Gasteiger partial charge in [-0.1, -0.05) is 19.4 Å². The molecule has 29 heavy (non-hydrogen) atoms. The van der Waals surface area contributed by atoms with Gasteiger partial charge in [-0.3, -0.25) is 0 Å². The van der Waals surface area contributed by atoms with Gasteiger partial charge in [-0.15, -0.1) is 0 Å². The summed E-state index contributed by atoms with van der Waals surface area (Å²) < 4.78 is 75.0. The Kier molecular flexibility index (Phi) is 6.11. The molecular weight excluding hydrogens is 389 g/mol. The predicted octanol–water partition coefficient (Wildman–Crippen LogP) is 6.79. The van der Waals surface area contributed by atoms with E-state index >= 15 is 0 Å². The van der Waals surface area contributed by atoms with E-state index in [4.69, 9.17) is 5.26 Å². The molecule has 1 aliphatic rings. The van der Waals surface area contributed by atoms with Crippen molar-refractivity contribution in [3.05, 3.63) is 64.5 Å². The Morgan fingerprint density at radius 1 is 1.00 bits per heavy atom. The Morgan fingerprint density at radius 2 is 1.62 bits per heavy atom. The molecule has 2 nitrogen and oxygen atoms in total. The summed E-state index contributed by atoms with van der Waals surface area (Å²) in [5.41, 5.74) is -1.27. The number of nitriles is 1. The lowest BCUT2D eigenvalue weighted by Gasteiger charge is -2.28. The maximum absolute atomic E-state index is 14.5. The maximum atomic E-state index is 14.5. The van der Waals surface area contributed by atoms with Crippen molar-refractivity contribution in [2.24, 2.45) is 5.92 Å². The van der Waals surface area contributed by atoms with E-state index in [1.807, 2.05) is 0 Å². The first-order chi connectivity index (χ1) is 13.7. The molecule has 0 aliphatic heterocycles. The zero-order valence-electron chi connectivity index (χ0n) is 15.8. The van der Waals surface area contributed by atoms with Gasteiger partial charge in [0.05, 0.1) is 5.56 Å². The summed E-state index contributed by atoms with van der Waals surface area (Å²) in [7, 11) is 0. The van der Waals surface area contributed by atoms with Crippen molar-refractivity contribution in [1.82, 2.24) is 0 Å². The number of alkyl halides is 2. The molecule has 0 bridgehead atoms. The zero-order chi connectivity index (χ0) is 21.2. The topological polar surface area (TPSA) is 33.0 Å². The average Bonchev–Trinajstić information content (AvgIpc) is 2.67. The highest BCUT2D eigenvalue weighted by atomic mass is 19.3. The standard InChI is InChI=1S/C22H20F5NO/c1-2-13-3-5-14(6-4-13)15-7-8-18(21(25)9-15)22(26,27)29-16-10-19(23)17(12-28)20(24)11-16/h7-11,13-14H,2-6H2,1H3/t13-,14-. The van der Waals surface area contributed by atoms with E-state index in [0.717, 1.165) is 44.2 Å². The number of ether oxygens (including phenoxy) is 1. The van der Waals surface area contributed by atoms with Crippen LogP contribution in [0, 0.1) is 34.7 Å². The third kappa shape index (κ3) is 4.52. The Labute approximate surface area is 165 Å². The van der Waals surface area contributed by atoms with E-state index in [-0.39, 0.29) is 5.92 Å². The van der Waals surface area contributed by atoms with Gasteiger partial charge in [-0.2, -0.15) is 14.0 Å². The number of hydrogen-bond donors (Lipinski definition) is 0. The van der Waals surface area contributed by atoms with Gasteiger partial charge in [0.15, 0.2) is 0 Å². The monoisotopic (exact) mass is 409 g/mol. The van der Waals surface area contributed by atoms with Crippen molar-refractivity contribution in [3.63, 3.8) is 0 Å². The summed E-state index contributed by atoms with van der Waals surface area (Å²) in [5, 5.41) is 8.63. The van der Waals surface area contributed by atoms with Gasteiger partial charge >= 0.3 is 6.11 Å². The van der Waals surface area contributed by atoms with Gasteiger partial charge < -0.3 is 4.74 Å². The van der Waals surface area contributed by atoms with Gasteiger partial charge in [0.1, 0.15) is 34.8 Å². The van der Waals surface area contributed by atoms with Crippen LogP contribution in [0.1, 0.15) is 61.6 Å². The molecule has 2 aromatic carbocycles. The lowest BCUT2D eigenvalue weighted by Crippen LogP contribution is -2.24. The molecule has 0 spiro atoms. The molecule has 1 saturated carbocycles. The maximum Gasteiger partial charge on any atom is 0.429 e. The molecule has 0 N–H and O–H groups in total. The second-order valence-electron chi connectivity index (χ2n) is 7.36. The molecule has 2 aromatic rings. The lowest BCUT2D eigenvalue weighted by atomic mass is 9.78. The van der Waals surface area contributed by atoms with Crippen LogP contribution in [-0.4, -0.2) is 0 Å². The summed E-state index contributed by atoms with van der Waals surface area (Å²) >= 11 is 0. The highest BCUT2D eigenvalue weighted by Gasteiger charge is 2.38. The second-order valence-corrected chi connectivity index (χ2v) is 7.36. The van der Waals surface area contributed by atoms with E-state index in [1.54, 1.807) is 0 Å². The highest BCUT2D eigenvalue weighted by molar-refractivity contribution is 5.38. The summed E-state index contributed by atoms with van der Waals surface area (Å²) in [4.78, 5) is 0. The number of rotatable bonds is 5. The van der Waals surface area contributed by atoms with E-state index in [0.29, 0.717) is 23.6 Å². The quantitative estimate of drug-likeness (QED) is 0.510. The van der Waals surface area contributed by atoms with E-state index in [9.17, 15) is 22.0 Å². The van der Waals surface area contributed by atoms with E-state index < -0.39 is 40.4 Å². The Hall–Kier alpha value is -2.62. The Morgan fingerprint density at radius 3 is 2.14 bits per heavy atom. The van der Waals surface area contributed by atoms with Crippen LogP contribution in [0.3, 0.4) is 0 Å². The minimum absolute atomic E-state index is 0.123. The van der Waals surface area contributed by atoms with Crippen molar-refractivity contribution < 1.29 is 26.7 Å². The van der Waals surface area contributed by atoms with Gasteiger partial charge in [0, 0.05) is 12.1 Å². The number of nitrogens with zero attached hydrogens (tertiary/aromatic N) is 1.